The highest BCUT2D eigenvalue weighted by Gasteiger charge is 1.96. The van der Waals surface area contributed by atoms with Crippen molar-refractivity contribution < 1.29 is 9.45 Å². The Kier molecular flexibility index (Phi) is 3.89. The molecular weight excluding hydrogens is 165 g/mol. The lowest BCUT2D eigenvalue weighted by molar-refractivity contribution is 0.205. The third-order valence-corrected chi connectivity index (χ3v) is 1.71. The molecule has 0 radical (unpaired) electrons. The molecule has 0 heterocycles. The van der Waals surface area contributed by atoms with Crippen LogP contribution in [0.2, 0.25) is 0 Å². The zero-order chi connectivity index (χ0) is 9.52. The second kappa shape index (κ2) is 5.24. The number of amides is 1. The highest BCUT2D eigenvalue weighted by atomic mass is 16.5. The van der Waals surface area contributed by atoms with Crippen molar-refractivity contribution in [1.82, 2.24) is 5.32 Å². The zero-order valence-electron chi connectivity index (χ0n) is 7.62. The van der Waals surface area contributed by atoms with Gasteiger partial charge in [0, 0.05) is 6.54 Å². The van der Waals surface area contributed by atoms with E-state index in [9.17, 15) is 4.79 Å². The lowest BCUT2D eigenvalue weighted by Gasteiger charge is -2.03. The molecule has 0 atom stereocenters. The molecule has 1 aromatic rings. The fraction of sp³-hybridized carbons (Fsp3) is 0.222. The van der Waals surface area contributed by atoms with Crippen LogP contribution in [0.4, 0.5) is 4.79 Å². The van der Waals surface area contributed by atoms with E-state index in [1.165, 1.54) is 13.6 Å². The van der Waals surface area contributed by atoms with E-state index in [-0.39, 0.29) is 6.09 Å². The number of rotatable bonds is 3. The third-order valence-electron chi connectivity index (χ3n) is 1.71. The van der Waals surface area contributed by atoms with Crippen molar-refractivity contribution in [3.8, 4) is 0 Å². The van der Waals surface area contributed by atoms with Gasteiger partial charge in [-0.3, -0.25) is 0 Å². The molecule has 1 rings (SSSR count). The van der Waals surface area contributed by atoms with Gasteiger partial charge < -0.3 is 9.97 Å². The SMILES string of the molecule is BOC(=O)NCCc1ccccc1. The van der Waals surface area contributed by atoms with E-state index in [0.717, 1.165) is 6.42 Å². The van der Waals surface area contributed by atoms with Crippen LogP contribution >= 0.6 is 0 Å². The molecule has 0 spiro atoms. The van der Waals surface area contributed by atoms with Crippen LogP contribution < -0.4 is 5.32 Å². The van der Waals surface area contributed by atoms with Gasteiger partial charge in [-0.15, -0.1) is 0 Å². The van der Waals surface area contributed by atoms with Crippen molar-refractivity contribution in [2.45, 2.75) is 6.42 Å². The number of hydrogen-bond acceptors (Lipinski definition) is 2. The van der Waals surface area contributed by atoms with Crippen LogP contribution in [0.15, 0.2) is 30.3 Å². The van der Waals surface area contributed by atoms with E-state index in [0.29, 0.717) is 6.54 Å². The molecule has 1 amide bonds. The Bertz CT molecular complexity index is 264. The normalized spacial score (nSPS) is 9.23. The minimum atomic E-state index is -0.379. The molecule has 0 aliphatic heterocycles. The number of benzene rings is 1. The Labute approximate surface area is 78.5 Å². The largest absolute Gasteiger partial charge is 0.528 e. The Morgan fingerprint density at radius 1 is 1.38 bits per heavy atom. The average molecular weight is 177 g/mol. The molecule has 13 heavy (non-hydrogen) atoms. The van der Waals surface area contributed by atoms with Crippen LogP contribution in [0.1, 0.15) is 5.56 Å². The van der Waals surface area contributed by atoms with Crippen molar-refractivity contribution >= 4 is 14.1 Å². The number of carbonyl (C=O) groups excluding carboxylic acids is 1. The fourth-order valence-electron chi connectivity index (χ4n) is 1.03. The van der Waals surface area contributed by atoms with Gasteiger partial charge in [0.05, 0.1) is 0 Å². The average Bonchev–Trinajstić information content (AvgIpc) is 2.19. The molecule has 1 aromatic carbocycles. The van der Waals surface area contributed by atoms with Crippen LogP contribution in [0.5, 0.6) is 0 Å². The molecule has 1 N–H and O–H groups in total. The van der Waals surface area contributed by atoms with Gasteiger partial charge in [0.15, 0.2) is 0 Å². The summed E-state index contributed by atoms with van der Waals surface area (Å²) in [7, 11) is 1.36. The molecule has 0 aliphatic rings. The maximum Gasteiger partial charge on any atom is 0.388 e. The monoisotopic (exact) mass is 177 g/mol. The van der Waals surface area contributed by atoms with Crippen LogP contribution in [0.3, 0.4) is 0 Å². The van der Waals surface area contributed by atoms with Crippen LogP contribution in [0, 0.1) is 0 Å². The molecule has 68 valence electrons. The van der Waals surface area contributed by atoms with Crippen LogP contribution in [-0.4, -0.2) is 20.7 Å². The van der Waals surface area contributed by atoms with Gasteiger partial charge in [0.25, 0.3) is 0 Å². The van der Waals surface area contributed by atoms with Crippen molar-refractivity contribution in [2.24, 2.45) is 0 Å². The standard InChI is InChI=1S/C9H12BNO2/c10-13-9(12)11-7-6-8-4-2-1-3-5-8/h1-5H,6-7,10H2,(H,11,12). The quantitative estimate of drug-likeness (QED) is 0.682. The minimum Gasteiger partial charge on any atom is -0.528 e. The third kappa shape index (κ3) is 3.65. The van der Waals surface area contributed by atoms with Crippen LogP contribution in [-0.2, 0) is 11.1 Å². The summed E-state index contributed by atoms with van der Waals surface area (Å²) in [6, 6.07) is 9.98. The van der Waals surface area contributed by atoms with Crippen molar-refractivity contribution in [3.63, 3.8) is 0 Å². The molecule has 4 heteroatoms. The lowest BCUT2D eigenvalue weighted by Crippen LogP contribution is -2.25. The van der Waals surface area contributed by atoms with Crippen molar-refractivity contribution in [3.05, 3.63) is 35.9 Å². The van der Waals surface area contributed by atoms with Gasteiger partial charge >= 0.3 is 14.1 Å². The molecular formula is C9H12BNO2. The Hall–Kier alpha value is -1.45. The highest BCUT2D eigenvalue weighted by Crippen LogP contribution is 1.97. The van der Waals surface area contributed by atoms with Gasteiger partial charge in [0.2, 0.25) is 0 Å². The van der Waals surface area contributed by atoms with Gasteiger partial charge in [-0.2, -0.15) is 0 Å². The maximum atomic E-state index is 10.7. The first-order valence-corrected chi connectivity index (χ1v) is 4.18. The summed E-state index contributed by atoms with van der Waals surface area (Å²) in [5.41, 5.74) is 1.21. The van der Waals surface area contributed by atoms with E-state index in [2.05, 4.69) is 9.97 Å². The first-order valence-electron chi connectivity index (χ1n) is 4.18. The van der Waals surface area contributed by atoms with E-state index < -0.39 is 0 Å². The predicted molar refractivity (Wildman–Crippen MR) is 53.2 cm³/mol. The molecule has 0 saturated heterocycles. The summed E-state index contributed by atoms with van der Waals surface area (Å²) in [5.74, 6) is 0. The summed E-state index contributed by atoms with van der Waals surface area (Å²) in [6.07, 6.45) is 0.451. The summed E-state index contributed by atoms with van der Waals surface area (Å²) in [5, 5.41) is 2.62. The summed E-state index contributed by atoms with van der Waals surface area (Å²) < 4.78 is 4.44. The highest BCUT2D eigenvalue weighted by molar-refractivity contribution is 6.04. The topological polar surface area (TPSA) is 38.3 Å². The molecule has 0 saturated carbocycles. The Morgan fingerprint density at radius 2 is 2.08 bits per heavy atom. The van der Waals surface area contributed by atoms with Gasteiger partial charge in [-0.05, 0) is 12.0 Å². The molecule has 0 fully saturated rings. The zero-order valence-corrected chi connectivity index (χ0v) is 7.62. The smallest absolute Gasteiger partial charge is 0.388 e. The van der Waals surface area contributed by atoms with E-state index in [1.54, 1.807) is 0 Å². The summed E-state index contributed by atoms with van der Waals surface area (Å²) in [4.78, 5) is 10.7. The van der Waals surface area contributed by atoms with E-state index in [1.807, 2.05) is 30.3 Å². The van der Waals surface area contributed by atoms with E-state index >= 15 is 0 Å². The maximum absolute atomic E-state index is 10.7. The molecule has 0 bridgehead atoms. The van der Waals surface area contributed by atoms with Crippen LogP contribution in [0.25, 0.3) is 0 Å². The summed E-state index contributed by atoms with van der Waals surface area (Å²) in [6.45, 7) is 0.608. The number of nitrogens with one attached hydrogen (secondary N) is 1. The van der Waals surface area contributed by atoms with Gasteiger partial charge in [-0.1, -0.05) is 30.3 Å². The molecule has 0 aliphatic carbocycles. The van der Waals surface area contributed by atoms with E-state index in [4.69, 9.17) is 0 Å². The fourth-order valence-corrected chi connectivity index (χ4v) is 1.03. The minimum absolute atomic E-state index is 0.379. The Morgan fingerprint density at radius 3 is 2.69 bits per heavy atom. The van der Waals surface area contributed by atoms with Gasteiger partial charge in [-0.25, -0.2) is 4.79 Å². The molecule has 3 nitrogen and oxygen atoms in total. The molecule has 0 unspecified atom stereocenters. The first-order chi connectivity index (χ1) is 6.33. The lowest BCUT2D eigenvalue weighted by atomic mass is 10.1. The second-order valence-corrected chi connectivity index (χ2v) is 2.65. The summed E-state index contributed by atoms with van der Waals surface area (Å²) >= 11 is 0. The first kappa shape index (κ1) is 9.64. The Balaban J connectivity index is 2.24. The number of carbonyl (C=O) groups is 1. The predicted octanol–water partition coefficient (Wildman–Crippen LogP) is 0.503. The van der Waals surface area contributed by atoms with Crippen molar-refractivity contribution in [2.75, 3.05) is 6.54 Å². The second-order valence-electron chi connectivity index (χ2n) is 2.65. The van der Waals surface area contributed by atoms with Crippen molar-refractivity contribution in [1.29, 1.82) is 0 Å². The number of hydrogen-bond donors (Lipinski definition) is 1. The van der Waals surface area contributed by atoms with Gasteiger partial charge in [0.1, 0.15) is 0 Å². The molecule has 0 aromatic heterocycles.